The van der Waals surface area contributed by atoms with Gasteiger partial charge in [0, 0.05) is 14.5 Å². The second kappa shape index (κ2) is 6.95. The van der Waals surface area contributed by atoms with Crippen LogP contribution in [0.15, 0.2) is 55.6 Å². The second-order valence-corrected chi connectivity index (χ2v) is 6.17. The fraction of sp³-hybridized carbons (Fsp3) is 0.133. The van der Waals surface area contributed by atoms with E-state index in [1.165, 1.54) is 12.1 Å². The average molecular weight is 412 g/mol. The van der Waals surface area contributed by atoms with Gasteiger partial charge < -0.3 is 5.11 Å². The maximum Gasteiger partial charge on any atom is 0.335 e. The summed E-state index contributed by atoms with van der Waals surface area (Å²) in [5, 5.41) is 17.1. The summed E-state index contributed by atoms with van der Waals surface area (Å²) in [6, 6.07) is 10.4. The third-order valence-electron chi connectivity index (χ3n) is 2.79. The van der Waals surface area contributed by atoms with Gasteiger partial charge in [-0.3, -0.25) is 0 Å². The Balaban J connectivity index is 2.16. The van der Waals surface area contributed by atoms with Crippen LogP contribution in [0.3, 0.4) is 0 Å². The predicted molar refractivity (Wildman–Crippen MR) is 88.2 cm³/mol. The van der Waals surface area contributed by atoms with Crippen molar-refractivity contribution in [1.29, 1.82) is 0 Å². The van der Waals surface area contributed by atoms with Gasteiger partial charge in [-0.1, -0.05) is 37.9 Å². The van der Waals surface area contributed by atoms with Crippen LogP contribution in [-0.2, 0) is 6.54 Å². The Morgan fingerprint density at radius 1 is 1.19 bits per heavy atom. The average Bonchev–Trinajstić information content (AvgIpc) is 2.42. The van der Waals surface area contributed by atoms with E-state index < -0.39 is 5.97 Å². The standard InChI is InChI=1S/C15H12Br2N2O2/c1-9-5-13(16)12(14(17)6-9)8-18-19-11-4-2-3-10(7-11)15(20)21/h2-7H,8H2,1H3,(H,20,21). The molecule has 1 N–H and O–H groups in total. The van der Waals surface area contributed by atoms with Crippen LogP contribution >= 0.6 is 31.9 Å². The van der Waals surface area contributed by atoms with Crippen LogP contribution in [0.2, 0.25) is 0 Å². The number of benzene rings is 2. The Bertz CT molecular complexity index is 692. The van der Waals surface area contributed by atoms with Crippen LogP contribution in [-0.4, -0.2) is 11.1 Å². The largest absolute Gasteiger partial charge is 0.478 e. The first-order valence-electron chi connectivity index (χ1n) is 6.13. The summed E-state index contributed by atoms with van der Waals surface area (Å²) in [4.78, 5) is 10.9. The molecule has 0 heterocycles. The van der Waals surface area contributed by atoms with Gasteiger partial charge in [0.25, 0.3) is 0 Å². The molecule has 0 saturated carbocycles. The molecular formula is C15H12Br2N2O2. The Morgan fingerprint density at radius 3 is 2.48 bits per heavy atom. The van der Waals surface area contributed by atoms with Crippen LogP contribution in [0.1, 0.15) is 21.5 Å². The third kappa shape index (κ3) is 4.22. The predicted octanol–water partition coefficient (Wildman–Crippen LogP) is 5.50. The highest BCUT2D eigenvalue weighted by atomic mass is 79.9. The summed E-state index contributed by atoms with van der Waals surface area (Å²) in [7, 11) is 0. The van der Waals surface area contributed by atoms with E-state index >= 15 is 0 Å². The summed E-state index contributed by atoms with van der Waals surface area (Å²) >= 11 is 7.01. The van der Waals surface area contributed by atoms with E-state index in [0.717, 1.165) is 20.1 Å². The maximum absolute atomic E-state index is 10.9. The van der Waals surface area contributed by atoms with Crippen molar-refractivity contribution in [2.24, 2.45) is 10.2 Å². The summed E-state index contributed by atoms with van der Waals surface area (Å²) in [5.41, 5.74) is 2.86. The van der Waals surface area contributed by atoms with E-state index in [4.69, 9.17) is 5.11 Å². The van der Waals surface area contributed by atoms with Crippen molar-refractivity contribution in [3.8, 4) is 0 Å². The quantitative estimate of drug-likeness (QED) is 0.675. The summed E-state index contributed by atoms with van der Waals surface area (Å²) < 4.78 is 1.93. The van der Waals surface area contributed by atoms with Gasteiger partial charge >= 0.3 is 5.97 Å². The molecule has 0 aliphatic heterocycles. The summed E-state index contributed by atoms with van der Waals surface area (Å²) in [6.45, 7) is 2.41. The Kier molecular flexibility index (Phi) is 5.25. The van der Waals surface area contributed by atoms with Crippen LogP contribution < -0.4 is 0 Å². The molecule has 0 fully saturated rings. The Morgan fingerprint density at radius 2 is 1.86 bits per heavy atom. The molecule has 2 rings (SSSR count). The minimum absolute atomic E-state index is 0.198. The van der Waals surface area contributed by atoms with E-state index in [2.05, 4.69) is 42.1 Å². The topological polar surface area (TPSA) is 62.0 Å². The SMILES string of the molecule is Cc1cc(Br)c(CN=Nc2cccc(C(=O)O)c2)c(Br)c1. The van der Waals surface area contributed by atoms with Gasteiger partial charge in [0.05, 0.1) is 17.8 Å². The number of halogens is 2. The normalized spacial score (nSPS) is 11.0. The van der Waals surface area contributed by atoms with Crippen LogP contribution in [0.5, 0.6) is 0 Å². The van der Waals surface area contributed by atoms with Crippen molar-refractivity contribution in [3.05, 3.63) is 62.0 Å². The lowest BCUT2D eigenvalue weighted by Gasteiger charge is -2.05. The lowest BCUT2D eigenvalue weighted by Crippen LogP contribution is -1.94. The molecule has 0 bridgehead atoms. The highest BCUT2D eigenvalue weighted by Crippen LogP contribution is 2.28. The van der Waals surface area contributed by atoms with Gasteiger partial charge in [-0.25, -0.2) is 4.79 Å². The number of carbonyl (C=O) groups is 1. The molecule has 108 valence electrons. The first-order chi connectivity index (χ1) is 9.97. The molecule has 0 amide bonds. The van der Waals surface area contributed by atoms with E-state index in [0.29, 0.717) is 12.2 Å². The number of hydrogen-bond acceptors (Lipinski definition) is 3. The minimum atomic E-state index is -0.976. The van der Waals surface area contributed by atoms with Gasteiger partial charge in [0.1, 0.15) is 0 Å². The first kappa shape index (κ1) is 15.9. The fourth-order valence-electron chi connectivity index (χ4n) is 1.77. The molecule has 0 saturated heterocycles. The third-order valence-corrected chi connectivity index (χ3v) is 4.21. The van der Waals surface area contributed by atoms with E-state index in [9.17, 15) is 4.79 Å². The van der Waals surface area contributed by atoms with Gasteiger partial charge in [-0.05, 0) is 42.8 Å². The lowest BCUT2D eigenvalue weighted by atomic mass is 10.1. The van der Waals surface area contributed by atoms with Crippen LogP contribution in [0, 0.1) is 6.92 Å². The number of carboxylic acids is 1. The van der Waals surface area contributed by atoms with E-state index in [-0.39, 0.29) is 5.56 Å². The Labute approximate surface area is 139 Å². The van der Waals surface area contributed by atoms with Gasteiger partial charge in [0.15, 0.2) is 0 Å². The molecule has 21 heavy (non-hydrogen) atoms. The number of aryl methyl sites for hydroxylation is 1. The molecule has 0 radical (unpaired) electrons. The smallest absolute Gasteiger partial charge is 0.335 e. The fourth-order valence-corrected chi connectivity index (χ4v) is 3.44. The number of nitrogens with zero attached hydrogens (tertiary/aromatic N) is 2. The summed E-state index contributed by atoms with van der Waals surface area (Å²) in [6.07, 6.45) is 0. The number of hydrogen-bond donors (Lipinski definition) is 1. The molecule has 2 aromatic carbocycles. The molecule has 0 aliphatic carbocycles. The highest BCUT2D eigenvalue weighted by molar-refractivity contribution is 9.11. The van der Waals surface area contributed by atoms with E-state index in [1.807, 2.05) is 19.1 Å². The molecule has 0 atom stereocenters. The van der Waals surface area contributed by atoms with Gasteiger partial charge in [0.2, 0.25) is 0 Å². The Hall–Kier alpha value is -1.53. The van der Waals surface area contributed by atoms with Crippen molar-refractivity contribution in [2.45, 2.75) is 13.5 Å². The highest BCUT2D eigenvalue weighted by Gasteiger charge is 2.06. The first-order valence-corrected chi connectivity index (χ1v) is 7.71. The molecule has 2 aromatic rings. The zero-order valence-electron chi connectivity index (χ0n) is 11.2. The second-order valence-electron chi connectivity index (χ2n) is 4.46. The maximum atomic E-state index is 10.9. The minimum Gasteiger partial charge on any atom is -0.478 e. The van der Waals surface area contributed by atoms with Crippen molar-refractivity contribution in [3.63, 3.8) is 0 Å². The molecule has 0 aromatic heterocycles. The molecule has 0 aliphatic rings. The number of aromatic carboxylic acids is 1. The number of rotatable bonds is 4. The molecule has 0 unspecified atom stereocenters. The number of azo groups is 1. The van der Waals surface area contributed by atoms with Gasteiger partial charge in [-0.15, -0.1) is 0 Å². The molecular weight excluding hydrogens is 400 g/mol. The monoisotopic (exact) mass is 410 g/mol. The molecule has 0 spiro atoms. The van der Waals surface area contributed by atoms with Crippen molar-refractivity contribution < 1.29 is 9.90 Å². The zero-order valence-corrected chi connectivity index (χ0v) is 14.3. The van der Waals surface area contributed by atoms with Crippen molar-refractivity contribution in [1.82, 2.24) is 0 Å². The summed E-state index contributed by atoms with van der Waals surface area (Å²) in [5.74, 6) is -0.976. The molecule has 4 nitrogen and oxygen atoms in total. The zero-order chi connectivity index (χ0) is 15.4. The van der Waals surface area contributed by atoms with Crippen molar-refractivity contribution in [2.75, 3.05) is 0 Å². The lowest BCUT2D eigenvalue weighted by molar-refractivity contribution is 0.0697. The van der Waals surface area contributed by atoms with E-state index in [1.54, 1.807) is 12.1 Å². The van der Waals surface area contributed by atoms with Gasteiger partial charge in [-0.2, -0.15) is 10.2 Å². The van der Waals surface area contributed by atoms with Crippen LogP contribution in [0.25, 0.3) is 0 Å². The van der Waals surface area contributed by atoms with Crippen molar-refractivity contribution >= 4 is 43.5 Å². The number of carboxylic acid groups (broad SMARTS) is 1. The van der Waals surface area contributed by atoms with Crippen LogP contribution in [0.4, 0.5) is 5.69 Å². The molecule has 6 heteroatoms.